The van der Waals surface area contributed by atoms with Gasteiger partial charge in [-0.1, -0.05) is 12.8 Å². The highest BCUT2D eigenvalue weighted by atomic mass is 35.5. The second-order valence-electron chi connectivity index (χ2n) is 5.87. The number of rotatable bonds is 5. The lowest BCUT2D eigenvalue weighted by Crippen LogP contribution is -2.45. The summed E-state index contributed by atoms with van der Waals surface area (Å²) in [5.74, 6) is 1.45. The summed E-state index contributed by atoms with van der Waals surface area (Å²) in [5, 5.41) is 3.38. The number of piperazine rings is 1. The second-order valence-corrected chi connectivity index (χ2v) is 5.87. The zero-order valence-corrected chi connectivity index (χ0v) is 14.5. The van der Waals surface area contributed by atoms with Crippen molar-refractivity contribution >= 4 is 24.8 Å². The minimum atomic E-state index is -0.170. The van der Waals surface area contributed by atoms with E-state index in [-0.39, 0.29) is 36.7 Å². The van der Waals surface area contributed by atoms with Crippen molar-refractivity contribution in [3.05, 3.63) is 29.6 Å². The Morgan fingerprint density at radius 2 is 1.95 bits per heavy atom. The van der Waals surface area contributed by atoms with Crippen LogP contribution in [-0.4, -0.2) is 38.2 Å². The first kappa shape index (κ1) is 19.5. The van der Waals surface area contributed by atoms with Crippen molar-refractivity contribution in [3.63, 3.8) is 0 Å². The summed E-state index contributed by atoms with van der Waals surface area (Å²) >= 11 is 0. The number of hydrogen-bond donors (Lipinski definition) is 1. The predicted molar refractivity (Wildman–Crippen MR) is 92.0 cm³/mol. The van der Waals surface area contributed by atoms with E-state index < -0.39 is 0 Å². The van der Waals surface area contributed by atoms with Gasteiger partial charge in [0, 0.05) is 37.8 Å². The molecule has 0 radical (unpaired) electrons. The van der Waals surface area contributed by atoms with Gasteiger partial charge >= 0.3 is 0 Å². The van der Waals surface area contributed by atoms with Crippen molar-refractivity contribution in [2.75, 3.05) is 33.3 Å². The lowest BCUT2D eigenvalue weighted by molar-refractivity contribution is 0.157. The highest BCUT2D eigenvalue weighted by Crippen LogP contribution is 2.42. The van der Waals surface area contributed by atoms with Crippen LogP contribution in [0.3, 0.4) is 0 Å². The normalized spacial score (nSPS) is 19.7. The fraction of sp³-hybridized carbons (Fsp3) is 0.625. The Morgan fingerprint density at radius 1 is 1.27 bits per heavy atom. The number of halogens is 3. The van der Waals surface area contributed by atoms with Crippen molar-refractivity contribution in [1.29, 1.82) is 0 Å². The van der Waals surface area contributed by atoms with Crippen LogP contribution in [0, 0.1) is 11.7 Å². The third-order valence-electron chi connectivity index (χ3n) is 4.40. The van der Waals surface area contributed by atoms with E-state index in [2.05, 4.69) is 10.2 Å². The molecule has 1 saturated carbocycles. The average molecular weight is 351 g/mol. The minimum Gasteiger partial charge on any atom is -0.496 e. The van der Waals surface area contributed by atoms with Crippen molar-refractivity contribution < 1.29 is 9.13 Å². The van der Waals surface area contributed by atoms with Gasteiger partial charge in [-0.15, -0.1) is 24.8 Å². The standard InChI is InChI=1S/C16H23FN2O.2ClH/c1-20-16-5-4-13(17)11-14(16)15(10-12-2-3-12)19-8-6-18-7-9-19;;/h4-5,11-12,15,18H,2-3,6-10H2,1H3;2*1H/t15-;;/m0../s1. The molecule has 0 bridgehead atoms. The number of benzene rings is 1. The molecule has 2 aliphatic rings. The van der Waals surface area contributed by atoms with Crippen LogP contribution in [-0.2, 0) is 0 Å². The molecular weight excluding hydrogens is 326 g/mol. The molecule has 2 fully saturated rings. The van der Waals surface area contributed by atoms with E-state index in [4.69, 9.17) is 4.74 Å². The van der Waals surface area contributed by atoms with E-state index in [0.717, 1.165) is 49.8 Å². The molecule has 1 saturated heterocycles. The molecule has 3 rings (SSSR count). The monoisotopic (exact) mass is 350 g/mol. The van der Waals surface area contributed by atoms with Crippen LogP contribution in [0.4, 0.5) is 4.39 Å². The summed E-state index contributed by atoms with van der Waals surface area (Å²) in [4.78, 5) is 2.48. The number of nitrogens with zero attached hydrogens (tertiary/aromatic N) is 1. The van der Waals surface area contributed by atoms with Crippen molar-refractivity contribution in [2.24, 2.45) is 5.92 Å². The maximum absolute atomic E-state index is 13.7. The van der Waals surface area contributed by atoms with Crippen molar-refractivity contribution in [1.82, 2.24) is 10.2 Å². The Hall–Kier alpha value is -0.550. The van der Waals surface area contributed by atoms with Crippen LogP contribution in [0.2, 0.25) is 0 Å². The molecule has 0 unspecified atom stereocenters. The molecule has 1 aromatic carbocycles. The van der Waals surface area contributed by atoms with E-state index in [9.17, 15) is 4.39 Å². The fourth-order valence-corrected chi connectivity index (χ4v) is 3.10. The molecule has 1 N–H and O–H groups in total. The van der Waals surface area contributed by atoms with Crippen LogP contribution >= 0.6 is 24.8 Å². The number of methoxy groups -OCH3 is 1. The maximum Gasteiger partial charge on any atom is 0.123 e. The number of hydrogen-bond acceptors (Lipinski definition) is 3. The first-order valence-electron chi connectivity index (χ1n) is 7.56. The number of nitrogens with one attached hydrogen (secondary N) is 1. The van der Waals surface area contributed by atoms with E-state index in [1.807, 2.05) is 0 Å². The Kier molecular flexibility index (Phi) is 7.90. The molecule has 6 heteroatoms. The van der Waals surface area contributed by atoms with Crippen LogP contribution < -0.4 is 10.1 Å². The van der Waals surface area contributed by atoms with E-state index >= 15 is 0 Å². The number of ether oxygens (including phenoxy) is 1. The smallest absolute Gasteiger partial charge is 0.123 e. The molecule has 0 spiro atoms. The summed E-state index contributed by atoms with van der Waals surface area (Å²) < 4.78 is 19.1. The van der Waals surface area contributed by atoms with E-state index in [0.29, 0.717) is 0 Å². The molecule has 3 nitrogen and oxygen atoms in total. The summed E-state index contributed by atoms with van der Waals surface area (Å²) in [5.41, 5.74) is 1.02. The largest absolute Gasteiger partial charge is 0.496 e. The molecule has 1 atom stereocenters. The average Bonchev–Trinajstić information content (AvgIpc) is 3.30. The van der Waals surface area contributed by atoms with Crippen LogP contribution in [0.5, 0.6) is 5.75 Å². The molecule has 1 aromatic rings. The SMILES string of the molecule is COc1ccc(F)cc1[C@H](CC1CC1)N1CCNCC1.Cl.Cl. The van der Waals surface area contributed by atoms with Gasteiger partial charge in [-0.25, -0.2) is 4.39 Å². The Labute approximate surface area is 144 Å². The summed E-state index contributed by atoms with van der Waals surface area (Å²) in [6.07, 6.45) is 3.76. The Balaban J connectivity index is 0.00000121. The summed E-state index contributed by atoms with van der Waals surface area (Å²) in [7, 11) is 1.67. The molecule has 1 aliphatic carbocycles. The highest BCUT2D eigenvalue weighted by Gasteiger charge is 2.32. The van der Waals surface area contributed by atoms with Crippen LogP contribution in [0.1, 0.15) is 30.9 Å². The van der Waals surface area contributed by atoms with Gasteiger partial charge in [-0.3, -0.25) is 4.90 Å². The van der Waals surface area contributed by atoms with Gasteiger partial charge in [0.15, 0.2) is 0 Å². The third kappa shape index (κ3) is 4.72. The van der Waals surface area contributed by atoms with Gasteiger partial charge in [-0.2, -0.15) is 0 Å². The quantitative estimate of drug-likeness (QED) is 0.880. The van der Waals surface area contributed by atoms with Crippen molar-refractivity contribution in [3.8, 4) is 5.75 Å². The van der Waals surface area contributed by atoms with Gasteiger partial charge < -0.3 is 10.1 Å². The molecule has 1 heterocycles. The molecule has 0 amide bonds. The molecule has 0 aromatic heterocycles. The lowest BCUT2D eigenvalue weighted by atomic mass is 9.97. The van der Waals surface area contributed by atoms with Gasteiger partial charge in [0.05, 0.1) is 7.11 Å². The summed E-state index contributed by atoms with van der Waals surface area (Å²) in [6.45, 7) is 4.08. The third-order valence-corrected chi connectivity index (χ3v) is 4.40. The fourth-order valence-electron chi connectivity index (χ4n) is 3.10. The first-order valence-corrected chi connectivity index (χ1v) is 7.56. The van der Waals surface area contributed by atoms with Gasteiger partial charge in [0.2, 0.25) is 0 Å². The zero-order chi connectivity index (χ0) is 13.9. The Bertz CT molecular complexity index is 465. The molecule has 1 aliphatic heterocycles. The molecular formula is C16H25Cl2FN2O. The maximum atomic E-state index is 13.7. The van der Waals surface area contributed by atoms with Gasteiger partial charge in [0.25, 0.3) is 0 Å². The highest BCUT2D eigenvalue weighted by molar-refractivity contribution is 5.85. The zero-order valence-electron chi connectivity index (χ0n) is 12.9. The predicted octanol–water partition coefficient (Wildman–Crippen LogP) is 3.42. The lowest BCUT2D eigenvalue weighted by Gasteiger charge is -2.36. The second kappa shape index (κ2) is 8.92. The van der Waals surface area contributed by atoms with Crippen molar-refractivity contribution in [2.45, 2.75) is 25.3 Å². The molecule has 22 heavy (non-hydrogen) atoms. The first-order chi connectivity index (χ1) is 9.78. The molecule has 126 valence electrons. The Morgan fingerprint density at radius 3 is 2.55 bits per heavy atom. The minimum absolute atomic E-state index is 0. The van der Waals surface area contributed by atoms with E-state index in [1.165, 1.54) is 18.9 Å². The van der Waals surface area contributed by atoms with Crippen LogP contribution in [0.25, 0.3) is 0 Å². The topological polar surface area (TPSA) is 24.5 Å². The summed E-state index contributed by atoms with van der Waals surface area (Å²) in [6, 6.07) is 5.19. The van der Waals surface area contributed by atoms with Gasteiger partial charge in [-0.05, 0) is 30.5 Å². The van der Waals surface area contributed by atoms with Crippen LogP contribution in [0.15, 0.2) is 18.2 Å². The van der Waals surface area contributed by atoms with E-state index in [1.54, 1.807) is 19.2 Å². The van der Waals surface area contributed by atoms with Gasteiger partial charge in [0.1, 0.15) is 11.6 Å².